The minimum atomic E-state index is -0.487. The molecule has 0 saturated heterocycles. The van der Waals surface area contributed by atoms with E-state index in [4.69, 9.17) is 4.42 Å². The van der Waals surface area contributed by atoms with E-state index in [1.807, 2.05) is 25.3 Å². The Balaban J connectivity index is 1.80. The summed E-state index contributed by atoms with van der Waals surface area (Å²) in [4.78, 5) is 28.2. The standard InChI is InChI=1S/C18H17N3O4S2/c1-10-9-26-18(19-10)27-16-7-5-13(8-14(16)21(23)24)17(22)20-12(3)15-6-4-11(2)25-15/h4-9,12H,1-3H3,(H,20,22). The predicted octanol–water partition coefficient (Wildman–Crippen LogP) is 4.90. The average molecular weight is 403 g/mol. The van der Waals surface area contributed by atoms with E-state index in [-0.39, 0.29) is 17.3 Å². The monoisotopic (exact) mass is 403 g/mol. The highest BCUT2D eigenvalue weighted by atomic mass is 32.2. The Labute approximate surface area is 164 Å². The number of amides is 1. The van der Waals surface area contributed by atoms with Crippen LogP contribution >= 0.6 is 23.1 Å². The van der Waals surface area contributed by atoms with Crippen molar-refractivity contribution in [3.63, 3.8) is 0 Å². The first-order valence-corrected chi connectivity index (χ1v) is 9.78. The lowest BCUT2D eigenvalue weighted by Gasteiger charge is -2.12. The molecule has 2 aromatic heterocycles. The van der Waals surface area contributed by atoms with Crippen molar-refractivity contribution in [1.29, 1.82) is 0 Å². The van der Waals surface area contributed by atoms with Gasteiger partial charge in [-0.05, 0) is 45.0 Å². The third kappa shape index (κ3) is 4.55. The number of nitro benzene ring substituents is 1. The number of carbonyl (C=O) groups excluding carboxylic acids is 1. The number of nitro groups is 1. The van der Waals surface area contributed by atoms with Crippen molar-refractivity contribution in [1.82, 2.24) is 10.3 Å². The summed E-state index contributed by atoms with van der Waals surface area (Å²) in [5.41, 5.74) is 0.960. The Hall–Kier alpha value is -2.65. The number of thiazole rings is 1. The highest BCUT2D eigenvalue weighted by Crippen LogP contribution is 2.36. The van der Waals surface area contributed by atoms with Crippen LogP contribution in [0.5, 0.6) is 0 Å². The fraction of sp³-hybridized carbons (Fsp3) is 0.222. The first-order valence-electron chi connectivity index (χ1n) is 8.09. The normalized spacial score (nSPS) is 12.0. The molecule has 0 aliphatic heterocycles. The molecule has 7 nitrogen and oxygen atoms in total. The maximum atomic E-state index is 12.5. The Bertz CT molecular complexity index is 996. The largest absolute Gasteiger partial charge is 0.464 e. The number of aryl methyl sites for hydroxylation is 2. The number of nitrogens with one attached hydrogen (secondary N) is 1. The van der Waals surface area contributed by atoms with Gasteiger partial charge in [-0.25, -0.2) is 4.98 Å². The summed E-state index contributed by atoms with van der Waals surface area (Å²) in [6.45, 7) is 5.48. The molecule has 140 valence electrons. The maximum absolute atomic E-state index is 12.5. The van der Waals surface area contributed by atoms with Crippen LogP contribution in [0, 0.1) is 24.0 Å². The minimum absolute atomic E-state index is 0.123. The van der Waals surface area contributed by atoms with Crippen molar-refractivity contribution in [3.8, 4) is 0 Å². The van der Waals surface area contributed by atoms with Crippen molar-refractivity contribution in [2.45, 2.75) is 36.0 Å². The number of nitrogens with zero attached hydrogens (tertiary/aromatic N) is 2. The molecule has 0 aliphatic carbocycles. The lowest BCUT2D eigenvalue weighted by Crippen LogP contribution is -2.26. The number of hydrogen-bond donors (Lipinski definition) is 1. The summed E-state index contributed by atoms with van der Waals surface area (Å²) in [6, 6.07) is 7.70. The van der Waals surface area contributed by atoms with Crippen LogP contribution in [-0.2, 0) is 0 Å². The molecule has 1 aromatic carbocycles. The maximum Gasteiger partial charge on any atom is 0.284 e. The van der Waals surface area contributed by atoms with E-state index in [2.05, 4.69) is 10.3 Å². The van der Waals surface area contributed by atoms with Gasteiger partial charge in [0, 0.05) is 22.7 Å². The van der Waals surface area contributed by atoms with Crippen LogP contribution in [0.3, 0.4) is 0 Å². The lowest BCUT2D eigenvalue weighted by molar-refractivity contribution is -0.387. The Morgan fingerprint density at radius 1 is 1.33 bits per heavy atom. The van der Waals surface area contributed by atoms with Gasteiger partial charge in [-0.3, -0.25) is 14.9 Å². The molecule has 3 rings (SSSR count). The molecule has 1 atom stereocenters. The van der Waals surface area contributed by atoms with Gasteiger partial charge in [0.15, 0.2) is 4.34 Å². The molecule has 9 heteroatoms. The number of rotatable bonds is 6. The SMILES string of the molecule is Cc1csc(Sc2ccc(C(=O)NC(C)c3ccc(C)o3)cc2[N+](=O)[O-])n1. The van der Waals surface area contributed by atoms with Gasteiger partial charge in [-0.1, -0.05) is 11.8 Å². The first kappa shape index (κ1) is 19.1. The summed E-state index contributed by atoms with van der Waals surface area (Å²) in [5.74, 6) is 0.975. The summed E-state index contributed by atoms with van der Waals surface area (Å²) in [7, 11) is 0. The molecule has 0 saturated carbocycles. The number of hydrogen-bond acceptors (Lipinski definition) is 7. The van der Waals surface area contributed by atoms with Crippen molar-refractivity contribution in [2.75, 3.05) is 0 Å². The fourth-order valence-electron chi connectivity index (χ4n) is 2.40. The third-order valence-electron chi connectivity index (χ3n) is 3.75. The van der Waals surface area contributed by atoms with E-state index >= 15 is 0 Å². The van der Waals surface area contributed by atoms with Gasteiger partial charge >= 0.3 is 0 Å². The minimum Gasteiger partial charge on any atom is -0.464 e. The molecule has 27 heavy (non-hydrogen) atoms. The quantitative estimate of drug-likeness (QED) is 0.464. The highest BCUT2D eigenvalue weighted by molar-refractivity contribution is 8.01. The van der Waals surface area contributed by atoms with Crippen molar-refractivity contribution >= 4 is 34.7 Å². The molecule has 1 unspecified atom stereocenters. The molecule has 0 aliphatic rings. The Kier molecular flexibility index (Phi) is 5.62. The zero-order valence-corrected chi connectivity index (χ0v) is 16.5. The topological polar surface area (TPSA) is 98.3 Å². The summed E-state index contributed by atoms with van der Waals surface area (Å²) in [5, 5.41) is 16.1. The van der Waals surface area contributed by atoms with Crippen LogP contribution in [0.15, 0.2) is 49.4 Å². The summed E-state index contributed by atoms with van der Waals surface area (Å²) < 4.78 is 6.22. The molecule has 0 fully saturated rings. The molecule has 0 spiro atoms. The second kappa shape index (κ2) is 7.93. The first-order chi connectivity index (χ1) is 12.8. The average Bonchev–Trinajstić information content (AvgIpc) is 3.23. The van der Waals surface area contributed by atoms with Crippen LogP contribution < -0.4 is 5.32 Å². The summed E-state index contributed by atoms with van der Waals surface area (Å²) >= 11 is 2.64. The van der Waals surface area contributed by atoms with Crippen molar-refractivity contribution < 1.29 is 14.1 Å². The Morgan fingerprint density at radius 3 is 2.70 bits per heavy atom. The van der Waals surface area contributed by atoms with Crippen LogP contribution in [0.4, 0.5) is 5.69 Å². The van der Waals surface area contributed by atoms with Crippen molar-refractivity contribution in [3.05, 3.63) is 68.6 Å². The molecular formula is C18H17N3O4S2. The second-order valence-corrected chi connectivity index (χ2v) is 8.09. The molecule has 0 radical (unpaired) electrons. The van der Waals surface area contributed by atoms with Gasteiger partial charge in [-0.15, -0.1) is 11.3 Å². The zero-order valence-electron chi connectivity index (χ0n) is 14.9. The Morgan fingerprint density at radius 2 is 2.11 bits per heavy atom. The lowest BCUT2D eigenvalue weighted by atomic mass is 10.1. The van der Waals surface area contributed by atoms with Gasteiger partial charge in [0.1, 0.15) is 11.5 Å². The van der Waals surface area contributed by atoms with Gasteiger partial charge in [0.05, 0.1) is 15.9 Å². The van der Waals surface area contributed by atoms with Gasteiger partial charge in [0.2, 0.25) is 0 Å². The third-order valence-corrected chi connectivity index (χ3v) is 5.87. The van der Waals surface area contributed by atoms with E-state index in [1.165, 1.54) is 29.2 Å². The second-order valence-electron chi connectivity index (χ2n) is 5.94. The zero-order chi connectivity index (χ0) is 19.6. The number of carbonyl (C=O) groups is 1. The number of aromatic nitrogens is 1. The van der Waals surface area contributed by atoms with E-state index in [9.17, 15) is 14.9 Å². The van der Waals surface area contributed by atoms with Crippen LogP contribution in [0.1, 0.15) is 40.5 Å². The van der Waals surface area contributed by atoms with E-state index < -0.39 is 10.8 Å². The predicted molar refractivity (Wildman–Crippen MR) is 103 cm³/mol. The molecular weight excluding hydrogens is 386 g/mol. The van der Waals surface area contributed by atoms with E-state index in [1.54, 1.807) is 25.1 Å². The van der Waals surface area contributed by atoms with Gasteiger partial charge < -0.3 is 9.73 Å². The number of benzene rings is 1. The summed E-state index contributed by atoms with van der Waals surface area (Å²) in [6.07, 6.45) is 0. The molecule has 3 aromatic rings. The molecule has 2 heterocycles. The van der Waals surface area contributed by atoms with Crippen molar-refractivity contribution in [2.24, 2.45) is 0 Å². The van der Waals surface area contributed by atoms with Crippen LogP contribution in [0.2, 0.25) is 0 Å². The smallest absolute Gasteiger partial charge is 0.284 e. The van der Waals surface area contributed by atoms with Crippen LogP contribution in [-0.4, -0.2) is 15.8 Å². The van der Waals surface area contributed by atoms with E-state index in [0.29, 0.717) is 10.7 Å². The van der Waals surface area contributed by atoms with E-state index in [0.717, 1.165) is 15.8 Å². The molecule has 1 amide bonds. The highest BCUT2D eigenvalue weighted by Gasteiger charge is 2.21. The van der Waals surface area contributed by atoms with Crippen LogP contribution in [0.25, 0.3) is 0 Å². The number of furan rings is 1. The molecule has 0 bridgehead atoms. The van der Waals surface area contributed by atoms with Gasteiger partial charge in [-0.2, -0.15) is 0 Å². The molecule has 1 N–H and O–H groups in total. The fourth-order valence-corrected chi connectivity index (χ4v) is 4.28. The van der Waals surface area contributed by atoms with Gasteiger partial charge in [0.25, 0.3) is 11.6 Å².